The highest BCUT2D eigenvalue weighted by Crippen LogP contribution is 2.38. The number of benzene rings is 1. The fraction of sp³-hybridized carbons (Fsp3) is 0.133. The first-order valence-electron chi connectivity index (χ1n) is 5.99. The van der Waals surface area contributed by atoms with Crippen LogP contribution in [0.15, 0.2) is 58.6 Å². The van der Waals surface area contributed by atoms with Crippen molar-refractivity contribution in [3.63, 3.8) is 0 Å². The molecule has 0 N–H and O–H groups in total. The highest BCUT2D eigenvalue weighted by Gasteiger charge is 2.31. The predicted octanol–water partition coefficient (Wildman–Crippen LogP) is 0.677. The van der Waals surface area contributed by atoms with Crippen LogP contribution in [0.4, 0.5) is 5.69 Å². The number of carboxylic acids is 1. The molecule has 2 rings (SSSR count). The van der Waals surface area contributed by atoms with Crippen LogP contribution < -0.4 is 5.11 Å². The molecule has 1 aromatic rings. The molecule has 0 aromatic heterocycles. The second-order valence-corrected chi connectivity index (χ2v) is 4.31. The van der Waals surface area contributed by atoms with Gasteiger partial charge in [0.15, 0.2) is 0 Å². The molecular weight excluding hydrogens is 272 g/mol. The van der Waals surface area contributed by atoms with Gasteiger partial charge in [-0.25, -0.2) is 9.59 Å². The maximum absolute atomic E-state index is 10.8. The zero-order chi connectivity index (χ0) is 15.3. The van der Waals surface area contributed by atoms with Crippen molar-refractivity contribution in [2.45, 2.75) is 5.54 Å². The van der Waals surface area contributed by atoms with Crippen molar-refractivity contribution >= 4 is 23.8 Å². The van der Waals surface area contributed by atoms with Crippen molar-refractivity contribution in [2.75, 3.05) is 0 Å². The highest BCUT2D eigenvalue weighted by atomic mass is 16.4. The van der Waals surface area contributed by atoms with Gasteiger partial charge in [0.1, 0.15) is 5.54 Å². The molecule has 1 aliphatic rings. The van der Waals surface area contributed by atoms with E-state index in [9.17, 15) is 19.5 Å². The molecule has 0 fully saturated rings. The molecule has 0 spiro atoms. The van der Waals surface area contributed by atoms with E-state index in [1.54, 1.807) is 24.3 Å². The third kappa shape index (κ3) is 2.77. The molecule has 6 nitrogen and oxygen atoms in total. The Kier molecular flexibility index (Phi) is 4.05. The third-order valence-corrected chi connectivity index (χ3v) is 3.12. The second kappa shape index (κ2) is 5.92. The van der Waals surface area contributed by atoms with Gasteiger partial charge in [0.2, 0.25) is 12.2 Å². The van der Waals surface area contributed by atoms with E-state index in [0.717, 1.165) is 0 Å². The lowest BCUT2D eigenvalue weighted by Crippen LogP contribution is -2.32. The average Bonchev–Trinajstić information content (AvgIpc) is 2.49. The molecular formula is C15H9N2O4-. The number of isocyanates is 2. The Bertz CT molecular complexity index is 709. The molecule has 104 valence electrons. The van der Waals surface area contributed by atoms with Gasteiger partial charge in [-0.05, 0) is 6.07 Å². The molecule has 0 heterocycles. The maximum Gasteiger partial charge on any atom is 0.240 e. The lowest BCUT2D eigenvalue weighted by atomic mass is 9.83. The first-order chi connectivity index (χ1) is 10.1. The van der Waals surface area contributed by atoms with E-state index in [2.05, 4.69) is 9.98 Å². The Morgan fingerprint density at radius 3 is 2.38 bits per heavy atom. The monoisotopic (exact) mass is 281 g/mol. The summed E-state index contributed by atoms with van der Waals surface area (Å²) in [5, 5.41) is 10.8. The number of carboxylic acid groups (broad SMARTS) is 1. The van der Waals surface area contributed by atoms with Crippen molar-refractivity contribution in [3.05, 3.63) is 54.1 Å². The summed E-state index contributed by atoms with van der Waals surface area (Å²) in [6.07, 6.45) is 8.49. The van der Waals surface area contributed by atoms with E-state index in [1.165, 1.54) is 36.5 Å². The Labute approximate surface area is 119 Å². The van der Waals surface area contributed by atoms with Gasteiger partial charge < -0.3 is 9.90 Å². The number of hydrogen-bond acceptors (Lipinski definition) is 6. The van der Waals surface area contributed by atoms with Gasteiger partial charge in [-0.1, -0.05) is 42.5 Å². The minimum Gasteiger partial charge on any atom is -0.549 e. The number of aliphatic imine (C=N–C) groups is 2. The molecule has 6 heteroatoms. The summed E-state index contributed by atoms with van der Waals surface area (Å²) in [6, 6.07) is 6.55. The minimum absolute atomic E-state index is 0.285. The first-order valence-corrected chi connectivity index (χ1v) is 5.99. The van der Waals surface area contributed by atoms with Crippen molar-refractivity contribution in [3.8, 4) is 0 Å². The normalized spacial score (nSPS) is 23.0. The zero-order valence-electron chi connectivity index (χ0n) is 10.7. The molecule has 0 bridgehead atoms. The van der Waals surface area contributed by atoms with Crippen LogP contribution in [-0.2, 0) is 19.9 Å². The van der Waals surface area contributed by atoms with Gasteiger partial charge in [0.25, 0.3) is 0 Å². The molecule has 0 atom stereocenters. The minimum atomic E-state index is -1.26. The summed E-state index contributed by atoms with van der Waals surface area (Å²) in [4.78, 5) is 39.4. The van der Waals surface area contributed by atoms with Gasteiger partial charge in [-0.2, -0.15) is 9.98 Å². The number of aliphatic carboxylic acids is 1. The zero-order valence-corrected chi connectivity index (χ0v) is 10.7. The SMILES string of the molecule is O=C=Nc1ccccc1C1(N=C=O)C=CC(C(=O)[O-])C=C1. The molecule has 1 aromatic carbocycles. The number of para-hydroxylation sites is 1. The molecule has 1 aliphatic carbocycles. The predicted molar refractivity (Wildman–Crippen MR) is 70.8 cm³/mol. The summed E-state index contributed by atoms with van der Waals surface area (Å²) in [7, 11) is 0. The van der Waals surface area contributed by atoms with Gasteiger partial charge in [0, 0.05) is 11.5 Å². The van der Waals surface area contributed by atoms with Gasteiger partial charge in [-0.15, -0.1) is 0 Å². The second-order valence-electron chi connectivity index (χ2n) is 4.31. The number of carbonyl (C=O) groups excluding carboxylic acids is 3. The maximum atomic E-state index is 10.8. The number of rotatable bonds is 4. The van der Waals surface area contributed by atoms with Crippen molar-refractivity contribution in [1.82, 2.24) is 0 Å². The molecule has 21 heavy (non-hydrogen) atoms. The summed E-state index contributed by atoms with van der Waals surface area (Å²) in [5.74, 6) is -2.16. The fourth-order valence-electron chi connectivity index (χ4n) is 2.13. The lowest BCUT2D eigenvalue weighted by Gasteiger charge is -2.27. The Hall–Kier alpha value is -3.07. The average molecular weight is 281 g/mol. The van der Waals surface area contributed by atoms with E-state index < -0.39 is 17.4 Å². The largest absolute Gasteiger partial charge is 0.549 e. The molecule has 0 unspecified atom stereocenters. The summed E-state index contributed by atoms with van der Waals surface area (Å²) in [5.41, 5.74) is -0.515. The Morgan fingerprint density at radius 1 is 1.14 bits per heavy atom. The first kappa shape index (κ1) is 14.3. The molecule has 0 amide bonds. The van der Waals surface area contributed by atoms with Crippen LogP contribution in [0.3, 0.4) is 0 Å². The van der Waals surface area contributed by atoms with Crippen LogP contribution >= 0.6 is 0 Å². The van der Waals surface area contributed by atoms with Crippen molar-refractivity contribution < 1.29 is 19.5 Å². The number of carbonyl (C=O) groups is 1. The Morgan fingerprint density at radius 2 is 1.81 bits per heavy atom. The van der Waals surface area contributed by atoms with Crippen LogP contribution in [0.5, 0.6) is 0 Å². The molecule has 0 aliphatic heterocycles. The molecule has 0 saturated heterocycles. The Balaban J connectivity index is 2.59. The standard InChI is InChI=1S/C15H10N2O4/c18-9-16-13-4-2-1-3-12(13)15(17-10-19)7-5-11(6-8-15)14(20)21/h1-8,11H,(H,20,21)/p-1. The third-order valence-electron chi connectivity index (χ3n) is 3.12. The topological polar surface area (TPSA) is 99.0 Å². The van der Waals surface area contributed by atoms with E-state index in [4.69, 9.17) is 0 Å². The summed E-state index contributed by atoms with van der Waals surface area (Å²) < 4.78 is 0. The smallest absolute Gasteiger partial charge is 0.240 e. The molecule has 0 saturated carbocycles. The summed E-state index contributed by atoms with van der Waals surface area (Å²) >= 11 is 0. The van der Waals surface area contributed by atoms with E-state index in [0.29, 0.717) is 5.56 Å². The van der Waals surface area contributed by atoms with Crippen LogP contribution in [0.2, 0.25) is 0 Å². The quantitative estimate of drug-likeness (QED) is 0.460. The highest BCUT2D eigenvalue weighted by molar-refractivity contribution is 5.73. The lowest BCUT2D eigenvalue weighted by molar-refractivity contribution is -0.308. The van der Waals surface area contributed by atoms with Crippen LogP contribution in [0, 0.1) is 5.92 Å². The van der Waals surface area contributed by atoms with Gasteiger partial charge in [0.05, 0.1) is 11.7 Å². The van der Waals surface area contributed by atoms with E-state index in [1.807, 2.05) is 0 Å². The number of hydrogen-bond donors (Lipinski definition) is 0. The van der Waals surface area contributed by atoms with Crippen molar-refractivity contribution in [1.29, 1.82) is 0 Å². The molecule has 0 radical (unpaired) electrons. The number of nitrogens with zero attached hydrogens (tertiary/aromatic N) is 2. The van der Waals surface area contributed by atoms with E-state index >= 15 is 0 Å². The van der Waals surface area contributed by atoms with Crippen LogP contribution in [0.25, 0.3) is 0 Å². The van der Waals surface area contributed by atoms with E-state index in [-0.39, 0.29) is 5.69 Å². The van der Waals surface area contributed by atoms with Crippen molar-refractivity contribution in [2.24, 2.45) is 15.9 Å². The fourth-order valence-corrected chi connectivity index (χ4v) is 2.13. The van der Waals surface area contributed by atoms with Crippen LogP contribution in [0.1, 0.15) is 5.56 Å². The van der Waals surface area contributed by atoms with Gasteiger partial charge in [-0.3, -0.25) is 0 Å². The van der Waals surface area contributed by atoms with Crippen LogP contribution in [-0.4, -0.2) is 18.1 Å². The summed E-state index contributed by atoms with van der Waals surface area (Å²) in [6.45, 7) is 0. The van der Waals surface area contributed by atoms with Gasteiger partial charge >= 0.3 is 0 Å².